The van der Waals surface area contributed by atoms with Crippen molar-refractivity contribution in [3.8, 4) is 5.88 Å². The van der Waals surface area contributed by atoms with Crippen LogP contribution in [0.2, 0.25) is 0 Å². The molecule has 0 aliphatic rings. The van der Waals surface area contributed by atoms with E-state index < -0.39 is 0 Å². The smallest absolute Gasteiger partial charge is 0.230 e. The standard InChI is InChI=1S/C9H8N2O2/c1-13-9-7-3-2-6-11(12)8(7)4-5-10-9/h2-6H,1H3. The first kappa shape index (κ1) is 7.79. The van der Waals surface area contributed by atoms with Gasteiger partial charge in [0.1, 0.15) is 5.39 Å². The average Bonchev–Trinajstić information content (AvgIpc) is 2.18. The van der Waals surface area contributed by atoms with E-state index >= 15 is 0 Å². The predicted octanol–water partition coefficient (Wildman–Crippen LogP) is 0.877. The van der Waals surface area contributed by atoms with Gasteiger partial charge in [0.2, 0.25) is 11.4 Å². The highest BCUT2D eigenvalue weighted by Gasteiger charge is 2.07. The molecule has 0 spiro atoms. The van der Waals surface area contributed by atoms with Crippen LogP contribution in [0.15, 0.2) is 30.6 Å². The quantitative estimate of drug-likeness (QED) is 0.478. The van der Waals surface area contributed by atoms with Crippen molar-refractivity contribution < 1.29 is 9.47 Å². The molecule has 0 aliphatic carbocycles. The van der Waals surface area contributed by atoms with Crippen LogP contribution in [-0.4, -0.2) is 12.1 Å². The third-order valence-corrected chi connectivity index (χ3v) is 1.85. The molecule has 0 bridgehead atoms. The zero-order valence-electron chi connectivity index (χ0n) is 7.10. The lowest BCUT2D eigenvalue weighted by atomic mass is 10.2. The Morgan fingerprint density at radius 3 is 3.08 bits per heavy atom. The van der Waals surface area contributed by atoms with Gasteiger partial charge in [-0.2, -0.15) is 4.73 Å². The summed E-state index contributed by atoms with van der Waals surface area (Å²) >= 11 is 0. The molecular weight excluding hydrogens is 168 g/mol. The molecule has 0 saturated heterocycles. The van der Waals surface area contributed by atoms with Gasteiger partial charge in [-0.05, 0) is 6.07 Å². The highest BCUT2D eigenvalue weighted by molar-refractivity contribution is 5.80. The van der Waals surface area contributed by atoms with Gasteiger partial charge < -0.3 is 9.94 Å². The van der Waals surface area contributed by atoms with E-state index in [0.717, 1.165) is 10.1 Å². The van der Waals surface area contributed by atoms with E-state index in [1.165, 1.54) is 13.3 Å². The number of methoxy groups -OCH3 is 1. The maximum absolute atomic E-state index is 11.3. The number of rotatable bonds is 1. The Balaban J connectivity index is 2.84. The summed E-state index contributed by atoms with van der Waals surface area (Å²) in [5.74, 6) is 0.475. The van der Waals surface area contributed by atoms with Gasteiger partial charge in [0, 0.05) is 18.3 Å². The lowest BCUT2D eigenvalue weighted by molar-refractivity contribution is -0.577. The van der Waals surface area contributed by atoms with E-state index in [-0.39, 0.29) is 0 Å². The molecule has 0 atom stereocenters. The van der Waals surface area contributed by atoms with Gasteiger partial charge in [0.05, 0.1) is 7.11 Å². The Hall–Kier alpha value is -1.84. The molecule has 2 heterocycles. The summed E-state index contributed by atoms with van der Waals surface area (Å²) < 4.78 is 5.81. The van der Waals surface area contributed by atoms with E-state index in [1.807, 2.05) is 0 Å². The normalized spacial score (nSPS) is 10.2. The van der Waals surface area contributed by atoms with Crippen LogP contribution in [0.3, 0.4) is 0 Å². The Morgan fingerprint density at radius 1 is 1.46 bits per heavy atom. The summed E-state index contributed by atoms with van der Waals surface area (Å²) in [6.07, 6.45) is 3.00. The first-order chi connectivity index (χ1) is 6.33. The van der Waals surface area contributed by atoms with Crippen LogP contribution in [0, 0.1) is 5.21 Å². The fourth-order valence-electron chi connectivity index (χ4n) is 1.25. The summed E-state index contributed by atoms with van der Waals surface area (Å²) in [5.41, 5.74) is 0.564. The largest absolute Gasteiger partial charge is 0.618 e. The van der Waals surface area contributed by atoms with E-state index in [0.29, 0.717) is 11.4 Å². The molecule has 2 rings (SSSR count). The van der Waals surface area contributed by atoms with E-state index in [1.54, 1.807) is 24.4 Å². The number of ether oxygens (including phenoxy) is 1. The van der Waals surface area contributed by atoms with Crippen molar-refractivity contribution in [1.82, 2.24) is 4.98 Å². The minimum atomic E-state index is 0.475. The summed E-state index contributed by atoms with van der Waals surface area (Å²) in [6.45, 7) is 0. The van der Waals surface area contributed by atoms with Crippen LogP contribution in [0.5, 0.6) is 5.88 Å². The fraction of sp³-hybridized carbons (Fsp3) is 0.111. The molecule has 0 saturated carbocycles. The summed E-state index contributed by atoms with van der Waals surface area (Å²) in [7, 11) is 1.53. The average molecular weight is 176 g/mol. The van der Waals surface area contributed by atoms with Crippen LogP contribution < -0.4 is 9.47 Å². The van der Waals surface area contributed by atoms with E-state index in [2.05, 4.69) is 4.98 Å². The molecule has 66 valence electrons. The van der Waals surface area contributed by atoms with E-state index in [9.17, 15) is 5.21 Å². The second-order valence-corrected chi connectivity index (χ2v) is 2.59. The third-order valence-electron chi connectivity index (χ3n) is 1.85. The lowest BCUT2D eigenvalue weighted by Crippen LogP contribution is -2.25. The SMILES string of the molecule is COc1nccc2c1ccc[n+]2[O-]. The van der Waals surface area contributed by atoms with Gasteiger partial charge in [0.15, 0.2) is 6.20 Å². The van der Waals surface area contributed by atoms with Crippen molar-refractivity contribution in [1.29, 1.82) is 0 Å². The summed E-state index contributed by atoms with van der Waals surface area (Å²) in [6, 6.07) is 5.12. The van der Waals surface area contributed by atoms with Gasteiger partial charge in [-0.15, -0.1) is 0 Å². The lowest BCUT2D eigenvalue weighted by Gasteiger charge is -2.03. The molecule has 2 aromatic heterocycles. The minimum absolute atomic E-state index is 0.475. The van der Waals surface area contributed by atoms with Crippen molar-refractivity contribution in [2.45, 2.75) is 0 Å². The molecule has 4 heteroatoms. The van der Waals surface area contributed by atoms with Gasteiger partial charge >= 0.3 is 0 Å². The van der Waals surface area contributed by atoms with E-state index in [4.69, 9.17) is 4.74 Å². The first-order valence-corrected chi connectivity index (χ1v) is 3.84. The number of hydrogen-bond acceptors (Lipinski definition) is 3. The molecule has 4 nitrogen and oxygen atoms in total. The monoisotopic (exact) mass is 176 g/mol. The van der Waals surface area contributed by atoms with Crippen LogP contribution >= 0.6 is 0 Å². The van der Waals surface area contributed by atoms with Crippen LogP contribution in [0.1, 0.15) is 0 Å². The molecule has 0 N–H and O–H groups in total. The summed E-state index contributed by atoms with van der Waals surface area (Å²) in [5, 5.41) is 12.0. The van der Waals surface area contributed by atoms with Gasteiger partial charge in [-0.1, -0.05) is 0 Å². The zero-order valence-corrected chi connectivity index (χ0v) is 7.10. The predicted molar refractivity (Wildman–Crippen MR) is 47.3 cm³/mol. The zero-order chi connectivity index (χ0) is 9.26. The van der Waals surface area contributed by atoms with Crippen molar-refractivity contribution >= 4 is 10.9 Å². The Bertz CT molecular complexity index is 443. The Morgan fingerprint density at radius 2 is 2.31 bits per heavy atom. The fourth-order valence-corrected chi connectivity index (χ4v) is 1.25. The minimum Gasteiger partial charge on any atom is -0.618 e. The number of aromatic nitrogens is 2. The number of fused-ring (bicyclic) bond motifs is 1. The van der Waals surface area contributed by atoms with Crippen LogP contribution in [0.25, 0.3) is 10.9 Å². The van der Waals surface area contributed by atoms with Crippen molar-refractivity contribution in [2.75, 3.05) is 7.11 Å². The van der Waals surface area contributed by atoms with Crippen LogP contribution in [-0.2, 0) is 0 Å². The number of nitrogens with zero attached hydrogens (tertiary/aromatic N) is 2. The Labute approximate surface area is 75.0 Å². The third kappa shape index (κ3) is 1.16. The molecule has 0 amide bonds. The first-order valence-electron chi connectivity index (χ1n) is 3.84. The highest BCUT2D eigenvalue weighted by atomic mass is 16.5. The van der Waals surface area contributed by atoms with Crippen molar-refractivity contribution in [3.63, 3.8) is 0 Å². The highest BCUT2D eigenvalue weighted by Crippen LogP contribution is 2.18. The van der Waals surface area contributed by atoms with Crippen LogP contribution in [0.4, 0.5) is 0 Å². The molecule has 0 aromatic carbocycles. The Kier molecular flexibility index (Phi) is 1.73. The van der Waals surface area contributed by atoms with Gasteiger partial charge in [-0.3, -0.25) is 0 Å². The maximum Gasteiger partial charge on any atom is 0.230 e. The maximum atomic E-state index is 11.3. The molecule has 0 radical (unpaired) electrons. The molecule has 2 aromatic rings. The molecule has 0 aliphatic heterocycles. The van der Waals surface area contributed by atoms with Crippen molar-refractivity contribution in [2.24, 2.45) is 0 Å². The number of pyridine rings is 2. The topological polar surface area (TPSA) is 49.1 Å². The second-order valence-electron chi connectivity index (χ2n) is 2.59. The molecule has 13 heavy (non-hydrogen) atoms. The number of hydrogen-bond donors (Lipinski definition) is 0. The molecule has 0 fully saturated rings. The molecular formula is C9H8N2O2. The second kappa shape index (κ2) is 2.90. The van der Waals surface area contributed by atoms with Gasteiger partial charge in [-0.25, -0.2) is 4.98 Å². The molecule has 0 unspecified atom stereocenters. The van der Waals surface area contributed by atoms with Gasteiger partial charge in [0.25, 0.3) is 0 Å². The van der Waals surface area contributed by atoms with Crippen molar-refractivity contribution in [3.05, 3.63) is 35.8 Å². The summed E-state index contributed by atoms with van der Waals surface area (Å²) in [4.78, 5) is 3.99.